The highest BCUT2D eigenvalue weighted by atomic mass is 16.6. The standard InChI is InChI=1S/C15H12N2O6/c1-10-13(3-2-4-14(10)17(21)22)15(18)23-9-11-5-7-12(8-6-11)16(19)20/h2-8H,9H2,1H3. The van der Waals surface area contributed by atoms with Crippen molar-refractivity contribution < 1.29 is 19.4 Å². The third-order valence-electron chi connectivity index (χ3n) is 3.24. The number of ether oxygens (including phenoxy) is 1. The molecule has 0 radical (unpaired) electrons. The highest BCUT2D eigenvalue weighted by Gasteiger charge is 2.19. The molecule has 0 unspecified atom stereocenters. The van der Waals surface area contributed by atoms with E-state index in [4.69, 9.17) is 4.74 Å². The van der Waals surface area contributed by atoms with Crippen molar-refractivity contribution in [3.63, 3.8) is 0 Å². The van der Waals surface area contributed by atoms with E-state index in [-0.39, 0.29) is 29.1 Å². The summed E-state index contributed by atoms with van der Waals surface area (Å²) >= 11 is 0. The van der Waals surface area contributed by atoms with Crippen LogP contribution in [0.4, 0.5) is 11.4 Å². The minimum atomic E-state index is -0.690. The van der Waals surface area contributed by atoms with E-state index in [1.54, 1.807) is 0 Å². The van der Waals surface area contributed by atoms with Crippen LogP contribution < -0.4 is 0 Å². The van der Waals surface area contributed by atoms with Crippen molar-refractivity contribution >= 4 is 17.3 Å². The average molecular weight is 316 g/mol. The summed E-state index contributed by atoms with van der Waals surface area (Å²) in [6, 6.07) is 9.73. The van der Waals surface area contributed by atoms with E-state index in [2.05, 4.69) is 0 Å². The van der Waals surface area contributed by atoms with Gasteiger partial charge in [0.2, 0.25) is 0 Å². The summed E-state index contributed by atoms with van der Waals surface area (Å²) in [6.07, 6.45) is 0. The minimum absolute atomic E-state index is 0.0606. The van der Waals surface area contributed by atoms with E-state index >= 15 is 0 Å². The second-order valence-electron chi connectivity index (χ2n) is 4.71. The highest BCUT2D eigenvalue weighted by Crippen LogP contribution is 2.22. The Morgan fingerprint density at radius 1 is 1.04 bits per heavy atom. The summed E-state index contributed by atoms with van der Waals surface area (Å²) in [5, 5.41) is 21.4. The molecule has 2 aromatic rings. The molecule has 0 aliphatic carbocycles. The molecule has 0 aromatic heterocycles. The van der Waals surface area contributed by atoms with Crippen molar-refractivity contribution in [1.82, 2.24) is 0 Å². The van der Waals surface area contributed by atoms with Crippen molar-refractivity contribution in [2.45, 2.75) is 13.5 Å². The molecule has 8 nitrogen and oxygen atoms in total. The van der Waals surface area contributed by atoms with Crippen LogP contribution >= 0.6 is 0 Å². The van der Waals surface area contributed by atoms with E-state index in [0.29, 0.717) is 5.56 Å². The van der Waals surface area contributed by atoms with Gasteiger partial charge in [-0.1, -0.05) is 6.07 Å². The van der Waals surface area contributed by atoms with E-state index in [0.717, 1.165) is 0 Å². The maximum Gasteiger partial charge on any atom is 0.338 e. The maximum atomic E-state index is 12.0. The molecule has 118 valence electrons. The number of hydrogen-bond acceptors (Lipinski definition) is 6. The van der Waals surface area contributed by atoms with Crippen LogP contribution in [0.1, 0.15) is 21.5 Å². The van der Waals surface area contributed by atoms with Crippen LogP contribution in [0.2, 0.25) is 0 Å². The van der Waals surface area contributed by atoms with Gasteiger partial charge in [-0.3, -0.25) is 20.2 Å². The van der Waals surface area contributed by atoms with Gasteiger partial charge >= 0.3 is 5.97 Å². The Labute approximate surface area is 130 Å². The molecule has 0 fully saturated rings. The topological polar surface area (TPSA) is 113 Å². The number of nitro benzene ring substituents is 2. The van der Waals surface area contributed by atoms with Crippen LogP contribution in [-0.2, 0) is 11.3 Å². The van der Waals surface area contributed by atoms with Crippen molar-refractivity contribution in [2.75, 3.05) is 0 Å². The Hall–Kier alpha value is -3.29. The second-order valence-corrected chi connectivity index (χ2v) is 4.71. The van der Waals surface area contributed by atoms with Crippen molar-refractivity contribution in [2.24, 2.45) is 0 Å². The number of esters is 1. The van der Waals surface area contributed by atoms with Gasteiger partial charge in [0.1, 0.15) is 6.61 Å². The molecule has 0 N–H and O–H groups in total. The molecule has 0 heterocycles. The lowest BCUT2D eigenvalue weighted by molar-refractivity contribution is -0.385. The fourth-order valence-electron chi connectivity index (χ4n) is 1.98. The summed E-state index contributed by atoms with van der Waals surface area (Å²) in [5.74, 6) is -0.690. The summed E-state index contributed by atoms with van der Waals surface area (Å²) in [6.45, 7) is 1.39. The van der Waals surface area contributed by atoms with Gasteiger partial charge < -0.3 is 4.74 Å². The first-order valence-electron chi connectivity index (χ1n) is 6.54. The zero-order valence-electron chi connectivity index (χ0n) is 12.1. The zero-order valence-corrected chi connectivity index (χ0v) is 12.1. The number of carbonyl (C=O) groups excluding carboxylic acids is 1. The van der Waals surface area contributed by atoms with E-state index in [1.807, 2.05) is 0 Å². The summed E-state index contributed by atoms with van der Waals surface area (Å²) in [7, 11) is 0. The van der Waals surface area contributed by atoms with Crippen LogP contribution in [0.25, 0.3) is 0 Å². The Balaban J connectivity index is 2.09. The van der Waals surface area contributed by atoms with Crippen molar-refractivity contribution in [3.8, 4) is 0 Å². The summed E-state index contributed by atoms with van der Waals surface area (Å²) in [4.78, 5) is 32.4. The molecule has 2 rings (SSSR count). The molecule has 0 amide bonds. The van der Waals surface area contributed by atoms with Crippen molar-refractivity contribution in [1.29, 1.82) is 0 Å². The van der Waals surface area contributed by atoms with E-state index in [9.17, 15) is 25.0 Å². The van der Waals surface area contributed by atoms with Gasteiger partial charge in [-0.2, -0.15) is 0 Å². The van der Waals surface area contributed by atoms with E-state index < -0.39 is 15.8 Å². The molecule has 0 bridgehead atoms. The second kappa shape index (κ2) is 6.65. The predicted molar refractivity (Wildman–Crippen MR) is 80.0 cm³/mol. The Morgan fingerprint density at radius 2 is 1.70 bits per heavy atom. The van der Waals surface area contributed by atoms with Crippen LogP contribution in [0.3, 0.4) is 0 Å². The molecule has 0 aliphatic rings. The fourth-order valence-corrected chi connectivity index (χ4v) is 1.98. The van der Waals surface area contributed by atoms with Gasteiger partial charge in [-0.25, -0.2) is 4.79 Å². The van der Waals surface area contributed by atoms with Crippen LogP contribution in [0, 0.1) is 27.2 Å². The van der Waals surface area contributed by atoms with Crippen LogP contribution in [0.15, 0.2) is 42.5 Å². The number of hydrogen-bond donors (Lipinski definition) is 0. The molecule has 0 saturated carbocycles. The van der Waals surface area contributed by atoms with E-state index in [1.165, 1.54) is 49.4 Å². The molecule has 0 saturated heterocycles. The smallest absolute Gasteiger partial charge is 0.338 e. The zero-order chi connectivity index (χ0) is 17.0. The fraction of sp³-hybridized carbons (Fsp3) is 0.133. The van der Waals surface area contributed by atoms with Gasteiger partial charge in [0, 0.05) is 23.8 Å². The number of rotatable bonds is 5. The van der Waals surface area contributed by atoms with Gasteiger partial charge in [0.25, 0.3) is 11.4 Å². The monoisotopic (exact) mass is 316 g/mol. The normalized spacial score (nSPS) is 10.1. The third-order valence-corrected chi connectivity index (χ3v) is 3.24. The maximum absolute atomic E-state index is 12.0. The molecular formula is C15H12N2O6. The number of non-ortho nitro benzene ring substituents is 1. The number of benzene rings is 2. The predicted octanol–water partition coefficient (Wildman–Crippen LogP) is 3.17. The van der Waals surface area contributed by atoms with Gasteiger partial charge in [0.05, 0.1) is 15.4 Å². The average Bonchev–Trinajstić information content (AvgIpc) is 2.53. The largest absolute Gasteiger partial charge is 0.457 e. The Kier molecular flexibility index (Phi) is 4.65. The first-order valence-corrected chi connectivity index (χ1v) is 6.54. The number of nitro groups is 2. The SMILES string of the molecule is Cc1c(C(=O)OCc2ccc([N+](=O)[O-])cc2)cccc1[N+](=O)[O-]. The van der Waals surface area contributed by atoms with Crippen molar-refractivity contribution in [3.05, 3.63) is 79.4 Å². The summed E-state index contributed by atoms with van der Waals surface area (Å²) in [5.41, 5.74) is 0.698. The molecule has 0 aliphatic heterocycles. The molecule has 8 heteroatoms. The molecule has 2 aromatic carbocycles. The van der Waals surface area contributed by atoms with Gasteiger partial charge in [-0.05, 0) is 30.7 Å². The number of carbonyl (C=O) groups is 1. The first kappa shape index (κ1) is 16.1. The quantitative estimate of drug-likeness (QED) is 0.475. The first-order chi connectivity index (χ1) is 10.9. The lowest BCUT2D eigenvalue weighted by atomic mass is 10.1. The number of nitrogens with zero attached hydrogens (tertiary/aromatic N) is 2. The Bertz CT molecular complexity index is 770. The third kappa shape index (κ3) is 3.67. The lowest BCUT2D eigenvalue weighted by Gasteiger charge is -2.07. The lowest BCUT2D eigenvalue weighted by Crippen LogP contribution is -2.08. The van der Waals surface area contributed by atoms with Gasteiger partial charge in [-0.15, -0.1) is 0 Å². The molecule has 0 atom stereocenters. The molecule has 0 spiro atoms. The highest BCUT2D eigenvalue weighted by molar-refractivity contribution is 5.92. The summed E-state index contributed by atoms with van der Waals surface area (Å²) < 4.78 is 5.10. The van der Waals surface area contributed by atoms with Crippen LogP contribution in [0.5, 0.6) is 0 Å². The molecular weight excluding hydrogens is 304 g/mol. The Morgan fingerprint density at radius 3 is 2.26 bits per heavy atom. The van der Waals surface area contributed by atoms with Crippen LogP contribution in [-0.4, -0.2) is 15.8 Å². The minimum Gasteiger partial charge on any atom is -0.457 e. The molecule has 23 heavy (non-hydrogen) atoms. The van der Waals surface area contributed by atoms with Gasteiger partial charge in [0.15, 0.2) is 0 Å².